The summed E-state index contributed by atoms with van der Waals surface area (Å²) in [5, 5.41) is 15.3. The average molecular weight is 216 g/mol. The highest BCUT2D eigenvalue weighted by atomic mass is 16.3. The molecule has 0 aliphatic heterocycles. The molecule has 0 saturated heterocycles. The summed E-state index contributed by atoms with van der Waals surface area (Å²) in [6.45, 7) is 8.11. The third-order valence-electron chi connectivity index (χ3n) is 3.01. The summed E-state index contributed by atoms with van der Waals surface area (Å²) in [7, 11) is 0. The molecule has 0 bridgehead atoms. The molecule has 0 rings (SSSR count). The number of hydrogen-bond acceptors (Lipinski definition) is 3. The highest BCUT2D eigenvalue weighted by Gasteiger charge is 2.24. The quantitative estimate of drug-likeness (QED) is 0.518. The van der Waals surface area contributed by atoms with Crippen molar-refractivity contribution in [1.82, 2.24) is 10.6 Å². The summed E-state index contributed by atoms with van der Waals surface area (Å²) in [4.78, 5) is 10.6. The first kappa shape index (κ1) is 14.4. The van der Waals surface area contributed by atoms with Crippen LogP contribution in [0.3, 0.4) is 0 Å². The zero-order valence-electron chi connectivity index (χ0n) is 10.1. The van der Waals surface area contributed by atoms with E-state index in [0.29, 0.717) is 6.54 Å². The molecule has 0 saturated carbocycles. The molecule has 0 heterocycles. The van der Waals surface area contributed by atoms with Gasteiger partial charge in [-0.05, 0) is 12.8 Å². The zero-order chi connectivity index (χ0) is 11.7. The van der Waals surface area contributed by atoms with Gasteiger partial charge in [0.15, 0.2) is 0 Å². The van der Waals surface area contributed by atoms with Crippen LogP contribution in [-0.2, 0) is 4.79 Å². The molecule has 0 radical (unpaired) electrons. The van der Waals surface area contributed by atoms with Gasteiger partial charge in [-0.2, -0.15) is 0 Å². The molecule has 0 spiro atoms. The Labute approximate surface area is 92.4 Å². The molecule has 0 fully saturated rings. The van der Waals surface area contributed by atoms with Crippen LogP contribution in [0, 0.1) is 5.41 Å². The van der Waals surface area contributed by atoms with Crippen molar-refractivity contribution in [1.29, 1.82) is 0 Å². The maximum absolute atomic E-state index is 10.6. The van der Waals surface area contributed by atoms with Crippen LogP contribution in [0.5, 0.6) is 0 Å². The Morgan fingerprint density at radius 1 is 1.27 bits per heavy atom. The fraction of sp³-hybridized carbons (Fsp3) is 0.909. The second kappa shape index (κ2) is 7.65. The van der Waals surface area contributed by atoms with Gasteiger partial charge in [0.1, 0.15) is 0 Å². The van der Waals surface area contributed by atoms with Gasteiger partial charge in [0, 0.05) is 38.6 Å². The summed E-state index contributed by atoms with van der Waals surface area (Å²) in [6, 6.07) is 0. The van der Waals surface area contributed by atoms with Crippen molar-refractivity contribution in [2.75, 3.05) is 26.2 Å². The monoisotopic (exact) mass is 216 g/mol. The topological polar surface area (TPSA) is 61.4 Å². The number of carbonyl (C=O) groups excluding carboxylic acids is 1. The second-order valence-corrected chi connectivity index (χ2v) is 4.02. The van der Waals surface area contributed by atoms with Crippen LogP contribution in [0.1, 0.15) is 33.6 Å². The number of amides is 1. The van der Waals surface area contributed by atoms with Crippen LogP contribution in [0.25, 0.3) is 0 Å². The minimum atomic E-state index is -0.00375. The van der Waals surface area contributed by atoms with E-state index in [9.17, 15) is 9.90 Å². The minimum absolute atomic E-state index is 0.00351. The van der Waals surface area contributed by atoms with E-state index in [0.717, 1.165) is 25.9 Å². The standard InChI is InChI=1S/C11H24N2O2/c1-4-11(5-2,9-14)8-12-6-7-13-10(3)15/h12,14H,4-9H2,1-3H3,(H,13,15). The van der Waals surface area contributed by atoms with E-state index >= 15 is 0 Å². The first-order valence-electron chi connectivity index (χ1n) is 5.66. The van der Waals surface area contributed by atoms with E-state index in [4.69, 9.17) is 0 Å². The number of aliphatic hydroxyl groups excluding tert-OH is 1. The first-order chi connectivity index (χ1) is 7.10. The third kappa shape index (κ3) is 5.74. The predicted octanol–water partition coefficient (Wildman–Crippen LogP) is 0.511. The summed E-state index contributed by atoms with van der Waals surface area (Å²) in [5.74, 6) is -0.00351. The number of hydrogen-bond donors (Lipinski definition) is 3. The Morgan fingerprint density at radius 2 is 1.87 bits per heavy atom. The van der Waals surface area contributed by atoms with Gasteiger partial charge in [-0.3, -0.25) is 4.79 Å². The first-order valence-corrected chi connectivity index (χ1v) is 5.66. The van der Waals surface area contributed by atoms with E-state index in [1.54, 1.807) is 0 Å². The molecule has 1 amide bonds. The Balaban J connectivity index is 3.67. The predicted molar refractivity (Wildman–Crippen MR) is 61.7 cm³/mol. The molecular formula is C11H24N2O2. The normalized spacial score (nSPS) is 11.5. The van der Waals surface area contributed by atoms with E-state index in [1.165, 1.54) is 6.92 Å². The Hall–Kier alpha value is -0.610. The van der Waals surface area contributed by atoms with Gasteiger partial charge in [-0.15, -0.1) is 0 Å². The van der Waals surface area contributed by atoms with Crippen molar-refractivity contribution < 1.29 is 9.90 Å². The summed E-state index contributed by atoms with van der Waals surface area (Å²) in [5.41, 5.74) is -0.00375. The van der Waals surface area contributed by atoms with E-state index < -0.39 is 0 Å². The number of nitrogens with one attached hydrogen (secondary N) is 2. The molecular weight excluding hydrogens is 192 g/mol. The van der Waals surface area contributed by atoms with E-state index in [2.05, 4.69) is 24.5 Å². The van der Waals surface area contributed by atoms with Gasteiger partial charge in [-0.1, -0.05) is 13.8 Å². The molecule has 0 unspecified atom stereocenters. The lowest BCUT2D eigenvalue weighted by Crippen LogP contribution is -2.39. The maximum Gasteiger partial charge on any atom is 0.216 e. The molecule has 0 aromatic carbocycles. The highest BCUT2D eigenvalue weighted by Crippen LogP contribution is 2.23. The molecule has 0 aromatic rings. The Bertz CT molecular complexity index is 171. The molecule has 0 atom stereocenters. The SMILES string of the molecule is CCC(CC)(CO)CNCCNC(C)=O. The summed E-state index contributed by atoms with van der Waals surface area (Å²) >= 11 is 0. The lowest BCUT2D eigenvalue weighted by atomic mass is 9.83. The molecule has 0 aliphatic rings. The van der Waals surface area contributed by atoms with Gasteiger partial charge in [0.05, 0.1) is 0 Å². The Morgan fingerprint density at radius 3 is 2.27 bits per heavy atom. The molecule has 3 N–H and O–H groups in total. The van der Waals surface area contributed by atoms with Crippen molar-refractivity contribution in [3.8, 4) is 0 Å². The van der Waals surface area contributed by atoms with E-state index in [1.807, 2.05) is 0 Å². The van der Waals surface area contributed by atoms with Gasteiger partial charge in [0.25, 0.3) is 0 Å². The van der Waals surface area contributed by atoms with Crippen molar-refractivity contribution >= 4 is 5.91 Å². The highest BCUT2D eigenvalue weighted by molar-refractivity contribution is 5.72. The fourth-order valence-corrected chi connectivity index (χ4v) is 1.46. The lowest BCUT2D eigenvalue weighted by molar-refractivity contribution is -0.118. The van der Waals surface area contributed by atoms with Crippen molar-refractivity contribution in [2.45, 2.75) is 33.6 Å². The molecule has 15 heavy (non-hydrogen) atoms. The molecule has 4 nitrogen and oxygen atoms in total. The van der Waals surface area contributed by atoms with Gasteiger partial charge in [0.2, 0.25) is 5.91 Å². The molecule has 0 aliphatic carbocycles. The second-order valence-electron chi connectivity index (χ2n) is 4.02. The lowest BCUT2D eigenvalue weighted by Gasteiger charge is -2.29. The Kier molecular flexibility index (Phi) is 7.34. The van der Waals surface area contributed by atoms with Gasteiger partial charge >= 0.3 is 0 Å². The van der Waals surface area contributed by atoms with Crippen LogP contribution in [0.4, 0.5) is 0 Å². The average Bonchev–Trinajstić information content (AvgIpc) is 2.24. The van der Waals surface area contributed by atoms with Crippen molar-refractivity contribution in [2.24, 2.45) is 5.41 Å². The van der Waals surface area contributed by atoms with Gasteiger partial charge < -0.3 is 15.7 Å². The zero-order valence-corrected chi connectivity index (χ0v) is 10.1. The van der Waals surface area contributed by atoms with Crippen LogP contribution in [0.2, 0.25) is 0 Å². The summed E-state index contributed by atoms with van der Waals surface area (Å²) < 4.78 is 0. The third-order valence-corrected chi connectivity index (χ3v) is 3.01. The number of carbonyl (C=O) groups is 1. The fourth-order valence-electron chi connectivity index (χ4n) is 1.46. The largest absolute Gasteiger partial charge is 0.396 e. The minimum Gasteiger partial charge on any atom is -0.396 e. The van der Waals surface area contributed by atoms with Gasteiger partial charge in [-0.25, -0.2) is 0 Å². The maximum atomic E-state index is 10.6. The van der Waals surface area contributed by atoms with Crippen molar-refractivity contribution in [3.05, 3.63) is 0 Å². The molecule has 0 aromatic heterocycles. The number of aliphatic hydroxyl groups is 1. The van der Waals surface area contributed by atoms with Crippen LogP contribution >= 0.6 is 0 Å². The molecule has 4 heteroatoms. The van der Waals surface area contributed by atoms with Crippen LogP contribution in [0.15, 0.2) is 0 Å². The smallest absolute Gasteiger partial charge is 0.216 e. The van der Waals surface area contributed by atoms with Crippen LogP contribution in [-0.4, -0.2) is 37.3 Å². The van der Waals surface area contributed by atoms with Crippen LogP contribution < -0.4 is 10.6 Å². The summed E-state index contributed by atoms with van der Waals surface area (Å²) in [6.07, 6.45) is 1.93. The molecule has 90 valence electrons. The van der Waals surface area contributed by atoms with E-state index in [-0.39, 0.29) is 17.9 Å². The van der Waals surface area contributed by atoms with Crippen molar-refractivity contribution in [3.63, 3.8) is 0 Å². The number of rotatable bonds is 8.